The molecule has 0 unspecified atom stereocenters. The van der Waals surface area contributed by atoms with E-state index in [9.17, 15) is 9.18 Å². The summed E-state index contributed by atoms with van der Waals surface area (Å²) in [4.78, 5) is 21.1. The van der Waals surface area contributed by atoms with Gasteiger partial charge in [-0.3, -0.25) is 9.69 Å². The zero-order valence-corrected chi connectivity index (χ0v) is 15.5. The molecule has 1 saturated heterocycles. The quantitative estimate of drug-likeness (QED) is 0.842. The molecule has 2 heterocycles. The molecule has 0 bridgehead atoms. The third kappa shape index (κ3) is 4.46. The van der Waals surface area contributed by atoms with E-state index in [0.717, 1.165) is 19.5 Å². The third-order valence-electron chi connectivity index (χ3n) is 4.46. The SMILES string of the molecule is CC(C)(C)c1noc(CN2CCCN(C(=O)c3ccc(F)cc3)CC2)n1. The highest BCUT2D eigenvalue weighted by molar-refractivity contribution is 5.94. The van der Waals surface area contributed by atoms with Gasteiger partial charge in [-0.2, -0.15) is 4.98 Å². The Bertz CT molecular complexity index is 752. The Balaban J connectivity index is 1.58. The fourth-order valence-corrected chi connectivity index (χ4v) is 2.92. The summed E-state index contributed by atoms with van der Waals surface area (Å²) in [6.07, 6.45) is 0.868. The lowest BCUT2D eigenvalue weighted by Gasteiger charge is -2.21. The van der Waals surface area contributed by atoms with Crippen LogP contribution in [0.1, 0.15) is 49.3 Å². The number of carbonyl (C=O) groups is 1. The van der Waals surface area contributed by atoms with Crippen LogP contribution in [0.3, 0.4) is 0 Å². The maximum Gasteiger partial charge on any atom is 0.253 e. The van der Waals surface area contributed by atoms with E-state index in [1.807, 2.05) is 25.7 Å². The number of nitrogens with zero attached hydrogens (tertiary/aromatic N) is 4. The molecule has 6 nitrogen and oxygen atoms in total. The maximum absolute atomic E-state index is 13.0. The van der Waals surface area contributed by atoms with Gasteiger partial charge in [0.15, 0.2) is 5.82 Å². The average Bonchev–Trinajstić information content (AvgIpc) is 2.94. The van der Waals surface area contributed by atoms with Crippen LogP contribution in [0.4, 0.5) is 4.39 Å². The summed E-state index contributed by atoms with van der Waals surface area (Å²) < 4.78 is 18.4. The van der Waals surface area contributed by atoms with Crippen molar-refractivity contribution in [2.24, 2.45) is 0 Å². The first-order valence-corrected chi connectivity index (χ1v) is 8.93. The summed E-state index contributed by atoms with van der Waals surface area (Å²) in [6, 6.07) is 5.71. The predicted molar refractivity (Wildman–Crippen MR) is 95.2 cm³/mol. The second-order valence-electron chi connectivity index (χ2n) is 7.69. The van der Waals surface area contributed by atoms with Crippen molar-refractivity contribution in [1.29, 1.82) is 0 Å². The van der Waals surface area contributed by atoms with E-state index in [4.69, 9.17) is 4.52 Å². The molecular weight excluding hydrogens is 335 g/mol. The van der Waals surface area contributed by atoms with E-state index in [1.54, 1.807) is 0 Å². The van der Waals surface area contributed by atoms with Gasteiger partial charge in [-0.25, -0.2) is 4.39 Å². The molecule has 26 heavy (non-hydrogen) atoms. The second-order valence-corrected chi connectivity index (χ2v) is 7.69. The fraction of sp³-hybridized carbons (Fsp3) is 0.526. The Morgan fingerprint density at radius 3 is 2.54 bits per heavy atom. The Hall–Kier alpha value is -2.28. The van der Waals surface area contributed by atoms with Gasteiger partial charge in [-0.1, -0.05) is 25.9 Å². The third-order valence-corrected chi connectivity index (χ3v) is 4.46. The molecule has 1 aliphatic rings. The van der Waals surface area contributed by atoms with E-state index in [2.05, 4.69) is 15.0 Å². The van der Waals surface area contributed by atoms with Gasteiger partial charge in [0.05, 0.1) is 6.54 Å². The molecule has 0 radical (unpaired) electrons. The number of halogens is 1. The van der Waals surface area contributed by atoms with Crippen LogP contribution in [0, 0.1) is 5.82 Å². The molecule has 0 N–H and O–H groups in total. The molecule has 1 amide bonds. The Labute approximate surface area is 153 Å². The lowest BCUT2D eigenvalue weighted by molar-refractivity contribution is 0.0760. The molecule has 1 aliphatic heterocycles. The minimum atomic E-state index is -0.335. The van der Waals surface area contributed by atoms with Crippen molar-refractivity contribution in [2.45, 2.75) is 39.2 Å². The zero-order chi connectivity index (χ0) is 18.7. The summed E-state index contributed by atoms with van der Waals surface area (Å²) in [7, 11) is 0. The van der Waals surface area contributed by atoms with Crippen molar-refractivity contribution in [3.8, 4) is 0 Å². The standard InChI is InChI=1S/C19H25FN4O2/c1-19(2,3)18-21-16(26-22-18)13-23-9-4-10-24(12-11-23)17(25)14-5-7-15(20)8-6-14/h5-8H,4,9-13H2,1-3H3. The highest BCUT2D eigenvalue weighted by atomic mass is 19.1. The van der Waals surface area contributed by atoms with Gasteiger partial charge >= 0.3 is 0 Å². The summed E-state index contributed by atoms with van der Waals surface area (Å²) >= 11 is 0. The number of carbonyl (C=O) groups excluding carboxylic acids is 1. The largest absolute Gasteiger partial charge is 0.338 e. The van der Waals surface area contributed by atoms with Crippen molar-refractivity contribution >= 4 is 5.91 Å². The monoisotopic (exact) mass is 360 g/mol. The van der Waals surface area contributed by atoms with Crippen molar-refractivity contribution in [2.75, 3.05) is 26.2 Å². The number of aromatic nitrogens is 2. The predicted octanol–water partition coefficient (Wildman–Crippen LogP) is 2.85. The van der Waals surface area contributed by atoms with Crippen LogP contribution in [-0.4, -0.2) is 52.0 Å². The number of hydrogen-bond acceptors (Lipinski definition) is 5. The van der Waals surface area contributed by atoms with Gasteiger partial charge in [0.25, 0.3) is 5.91 Å². The smallest absolute Gasteiger partial charge is 0.253 e. The first-order chi connectivity index (χ1) is 12.3. The van der Waals surface area contributed by atoms with Gasteiger partial charge in [-0.15, -0.1) is 0 Å². The molecule has 1 aromatic carbocycles. The van der Waals surface area contributed by atoms with Crippen LogP contribution in [-0.2, 0) is 12.0 Å². The molecule has 0 saturated carbocycles. The van der Waals surface area contributed by atoms with Gasteiger partial charge in [0.2, 0.25) is 5.89 Å². The summed E-state index contributed by atoms with van der Waals surface area (Å²) in [5.41, 5.74) is 0.380. The van der Waals surface area contributed by atoms with Crippen LogP contribution in [0.15, 0.2) is 28.8 Å². The number of rotatable bonds is 3. The topological polar surface area (TPSA) is 62.5 Å². The van der Waals surface area contributed by atoms with E-state index in [-0.39, 0.29) is 17.1 Å². The molecular formula is C19H25FN4O2. The molecule has 140 valence electrons. The van der Waals surface area contributed by atoms with Crippen LogP contribution in [0.5, 0.6) is 0 Å². The van der Waals surface area contributed by atoms with Crippen LogP contribution >= 0.6 is 0 Å². The molecule has 0 aliphatic carbocycles. The van der Waals surface area contributed by atoms with Gasteiger partial charge in [-0.05, 0) is 30.7 Å². The van der Waals surface area contributed by atoms with Gasteiger partial charge in [0.1, 0.15) is 5.82 Å². The first-order valence-electron chi connectivity index (χ1n) is 8.93. The maximum atomic E-state index is 13.0. The van der Waals surface area contributed by atoms with E-state index < -0.39 is 0 Å². The molecule has 1 fully saturated rings. The summed E-state index contributed by atoms with van der Waals surface area (Å²) in [5.74, 6) is 0.918. The highest BCUT2D eigenvalue weighted by Gasteiger charge is 2.24. The Kier molecular flexibility index (Phi) is 5.36. The van der Waals surface area contributed by atoms with Crippen molar-refractivity contribution in [3.63, 3.8) is 0 Å². The second kappa shape index (κ2) is 7.53. The van der Waals surface area contributed by atoms with Crippen LogP contribution in [0.2, 0.25) is 0 Å². The van der Waals surface area contributed by atoms with Crippen molar-refractivity contribution in [1.82, 2.24) is 19.9 Å². The molecule has 0 spiro atoms. The average molecular weight is 360 g/mol. The zero-order valence-electron chi connectivity index (χ0n) is 15.5. The van der Waals surface area contributed by atoms with Crippen molar-refractivity contribution in [3.05, 3.63) is 47.4 Å². The van der Waals surface area contributed by atoms with Crippen LogP contribution in [0.25, 0.3) is 0 Å². The van der Waals surface area contributed by atoms with Gasteiger partial charge in [0, 0.05) is 37.2 Å². The van der Waals surface area contributed by atoms with Crippen LogP contribution < -0.4 is 0 Å². The van der Waals surface area contributed by atoms with E-state index in [1.165, 1.54) is 24.3 Å². The Morgan fingerprint density at radius 2 is 1.88 bits per heavy atom. The number of benzene rings is 1. The van der Waals surface area contributed by atoms with Gasteiger partial charge < -0.3 is 9.42 Å². The number of hydrogen-bond donors (Lipinski definition) is 0. The summed E-state index contributed by atoms with van der Waals surface area (Å²) in [6.45, 7) is 9.63. The molecule has 2 aromatic rings. The lowest BCUT2D eigenvalue weighted by Crippen LogP contribution is -2.35. The fourth-order valence-electron chi connectivity index (χ4n) is 2.92. The molecule has 1 aromatic heterocycles. The summed E-state index contributed by atoms with van der Waals surface area (Å²) in [5, 5.41) is 4.06. The lowest BCUT2D eigenvalue weighted by atomic mass is 9.96. The molecule has 7 heteroatoms. The number of amides is 1. The van der Waals surface area contributed by atoms with E-state index in [0.29, 0.717) is 36.9 Å². The van der Waals surface area contributed by atoms with Crippen molar-refractivity contribution < 1.29 is 13.7 Å². The minimum Gasteiger partial charge on any atom is -0.338 e. The Morgan fingerprint density at radius 1 is 1.15 bits per heavy atom. The minimum absolute atomic E-state index is 0.0559. The first kappa shape index (κ1) is 18.5. The van der Waals surface area contributed by atoms with E-state index >= 15 is 0 Å². The normalized spacial score (nSPS) is 16.5. The highest BCUT2D eigenvalue weighted by Crippen LogP contribution is 2.19. The molecule has 0 atom stereocenters. The molecule has 3 rings (SSSR count).